The van der Waals surface area contributed by atoms with Crippen LogP contribution in [0.15, 0.2) is 0 Å². The van der Waals surface area contributed by atoms with Gasteiger partial charge >= 0.3 is 0 Å². The fourth-order valence-corrected chi connectivity index (χ4v) is 1.63. The number of morpholine rings is 1. The Bertz CT molecular complexity index is 215. The van der Waals surface area contributed by atoms with Gasteiger partial charge in [0.25, 0.3) is 0 Å². The Morgan fingerprint density at radius 2 is 2.12 bits per heavy atom. The summed E-state index contributed by atoms with van der Waals surface area (Å²) in [5, 5.41) is 9.15. The number of likely N-dealkylation sites (N-methyl/N-ethyl adjacent to an activating group) is 1. The van der Waals surface area contributed by atoms with Crippen LogP contribution in [0.3, 0.4) is 0 Å². The molecule has 94 valence electrons. The minimum Gasteiger partial charge on any atom is -0.393 e. The second-order valence-electron chi connectivity index (χ2n) is 4.37. The molecule has 16 heavy (non-hydrogen) atoms. The number of nitrogens with zero attached hydrogens (tertiary/aromatic N) is 2. The van der Waals surface area contributed by atoms with E-state index in [0.29, 0.717) is 39.3 Å². The highest BCUT2D eigenvalue weighted by Crippen LogP contribution is 2.00. The summed E-state index contributed by atoms with van der Waals surface area (Å²) in [6.07, 6.45) is 0.397. The number of amides is 1. The molecule has 1 aliphatic rings. The summed E-state index contributed by atoms with van der Waals surface area (Å²) in [6.45, 7) is 5.61. The number of aliphatic hydroxyl groups excluding tert-OH is 1. The normalized spacial score (nSPS) is 18.9. The van der Waals surface area contributed by atoms with E-state index in [9.17, 15) is 4.79 Å². The van der Waals surface area contributed by atoms with E-state index in [1.165, 1.54) is 0 Å². The lowest BCUT2D eigenvalue weighted by molar-refractivity contribution is -0.136. The second-order valence-corrected chi connectivity index (χ2v) is 4.37. The number of carbonyl (C=O) groups excluding carboxylic acids is 1. The van der Waals surface area contributed by atoms with Crippen LogP contribution in [0, 0.1) is 0 Å². The highest BCUT2D eigenvalue weighted by atomic mass is 16.5. The summed E-state index contributed by atoms with van der Waals surface area (Å²) < 4.78 is 5.19. The minimum atomic E-state index is -0.305. The molecule has 1 fully saturated rings. The van der Waals surface area contributed by atoms with Gasteiger partial charge in [-0.05, 0) is 20.4 Å². The van der Waals surface area contributed by atoms with Crippen LogP contribution in [-0.4, -0.2) is 73.4 Å². The number of carbonyl (C=O) groups is 1. The van der Waals surface area contributed by atoms with E-state index in [0.717, 1.165) is 6.54 Å². The van der Waals surface area contributed by atoms with Crippen molar-refractivity contribution in [2.75, 3.05) is 46.4 Å². The van der Waals surface area contributed by atoms with Gasteiger partial charge in [-0.1, -0.05) is 0 Å². The van der Waals surface area contributed by atoms with Crippen molar-refractivity contribution in [3.05, 3.63) is 0 Å². The quantitative estimate of drug-likeness (QED) is 0.695. The van der Waals surface area contributed by atoms with Crippen LogP contribution in [0.1, 0.15) is 13.3 Å². The van der Waals surface area contributed by atoms with Gasteiger partial charge in [0.2, 0.25) is 5.91 Å². The Morgan fingerprint density at radius 3 is 2.69 bits per heavy atom. The zero-order chi connectivity index (χ0) is 12.0. The molecule has 1 unspecified atom stereocenters. The molecule has 1 atom stereocenters. The molecule has 1 rings (SSSR count). The molecule has 1 amide bonds. The molecule has 0 aromatic rings. The predicted octanol–water partition coefficient (Wildman–Crippen LogP) is -0.452. The van der Waals surface area contributed by atoms with Crippen LogP contribution in [0.4, 0.5) is 0 Å². The number of rotatable bonds is 5. The molecule has 1 aliphatic heterocycles. The van der Waals surface area contributed by atoms with Crippen molar-refractivity contribution in [3.8, 4) is 0 Å². The molecule has 5 nitrogen and oxygen atoms in total. The number of aliphatic hydroxyl groups is 1. The second kappa shape index (κ2) is 6.83. The summed E-state index contributed by atoms with van der Waals surface area (Å²) in [6, 6.07) is 0. The van der Waals surface area contributed by atoms with Crippen molar-refractivity contribution in [2.24, 2.45) is 0 Å². The van der Waals surface area contributed by atoms with Gasteiger partial charge in [-0.15, -0.1) is 0 Å². The third-order valence-corrected chi connectivity index (χ3v) is 2.70. The van der Waals surface area contributed by atoms with Crippen molar-refractivity contribution in [2.45, 2.75) is 19.4 Å². The third-order valence-electron chi connectivity index (χ3n) is 2.70. The van der Waals surface area contributed by atoms with E-state index in [-0.39, 0.29) is 12.0 Å². The van der Waals surface area contributed by atoms with Gasteiger partial charge in [0.15, 0.2) is 0 Å². The van der Waals surface area contributed by atoms with Gasteiger partial charge < -0.3 is 14.7 Å². The van der Waals surface area contributed by atoms with Gasteiger partial charge in [-0.25, -0.2) is 0 Å². The first kappa shape index (κ1) is 13.4. The van der Waals surface area contributed by atoms with Crippen LogP contribution >= 0.6 is 0 Å². The van der Waals surface area contributed by atoms with Gasteiger partial charge in [-0.3, -0.25) is 9.69 Å². The average Bonchev–Trinajstić information content (AvgIpc) is 2.27. The molecular formula is C11H22N2O3. The first-order valence-electron chi connectivity index (χ1n) is 5.81. The summed E-state index contributed by atoms with van der Waals surface area (Å²) in [5.41, 5.74) is 0. The van der Waals surface area contributed by atoms with E-state index >= 15 is 0 Å². The van der Waals surface area contributed by atoms with Crippen LogP contribution in [0.2, 0.25) is 0 Å². The molecule has 0 saturated carbocycles. The number of hydrogen-bond acceptors (Lipinski definition) is 4. The Kier molecular flexibility index (Phi) is 5.73. The number of hydrogen-bond donors (Lipinski definition) is 1. The Hall–Kier alpha value is -0.650. The topological polar surface area (TPSA) is 53.0 Å². The maximum atomic E-state index is 11.8. The molecule has 0 aliphatic carbocycles. The Labute approximate surface area is 97.0 Å². The lowest BCUT2D eigenvalue weighted by atomic mass is 10.2. The summed E-state index contributed by atoms with van der Waals surface area (Å²) in [5.74, 6) is 0.149. The number of ether oxygens (including phenoxy) is 1. The van der Waals surface area contributed by atoms with Crippen LogP contribution in [-0.2, 0) is 9.53 Å². The third kappa shape index (κ3) is 4.92. The first-order valence-corrected chi connectivity index (χ1v) is 5.81. The maximum Gasteiger partial charge on any atom is 0.236 e. The zero-order valence-corrected chi connectivity index (χ0v) is 10.2. The molecule has 1 saturated heterocycles. The summed E-state index contributed by atoms with van der Waals surface area (Å²) >= 11 is 0. The van der Waals surface area contributed by atoms with Gasteiger partial charge in [0.05, 0.1) is 25.9 Å². The fraction of sp³-hybridized carbons (Fsp3) is 0.909. The maximum absolute atomic E-state index is 11.8. The molecule has 0 aromatic heterocycles. The summed E-state index contributed by atoms with van der Waals surface area (Å²) in [7, 11) is 1.90. The van der Waals surface area contributed by atoms with E-state index in [1.807, 2.05) is 16.8 Å². The lowest BCUT2D eigenvalue weighted by Crippen LogP contribution is -2.45. The highest BCUT2D eigenvalue weighted by molar-refractivity contribution is 5.78. The van der Waals surface area contributed by atoms with Gasteiger partial charge in [0, 0.05) is 19.6 Å². The Balaban J connectivity index is 2.21. The molecule has 1 N–H and O–H groups in total. The SMILES string of the molecule is CC(O)CCN(C)CC(=O)N1CCOCC1. The average molecular weight is 230 g/mol. The van der Waals surface area contributed by atoms with Gasteiger partial charge in [-0.2, -0.15) is 0 Å². The largest absolute Gasteiger partial charge is 0.393 e. The van der Waals surface area contributed by atoms with E-state index in [1.54, 1.807) is 6.92 Å². The molecule has 0 aromatic carbocycles. The van der Waals surface area contributed by atoms with Crippen LogP contribution in [0.5, 0.6) is 0 Å². The lowest BCUT2D eigenvalue weighted by Gasteiger charge is -2.28. The van der Waals surface area contributed by atoms with Gasteiger partial charge in [0.1, 0.15) is 0 Å². The Morgan fingerprint density at radius 1 is 1.50 bits per heavy atom. The monoisotopic (exact) mass is 230 g/mol. The molecule has 5 heteroatoms. The fourth-order valence-electron chi connectivity index (χ4n) is 1.63. The van der Waals surface area contributed by atoms with E-state index < -0.39 is 0 Å². The van der Waals surface area contributed by atoms with Crippen molar-refractivity contribution >= 4 is 5.91 Å². The standard InChI is InChI=1S/C11H22N2O3/c1-10(14)3-4-12(2)9-11(15)13-5-7-16-8-6-13/h10,14H,3-9H2,1-2H3. The minimum absolute atomic E-state index is 0.149. The first-order chi connectivity index (χ1) is 7.59. The molecular weight excluding hydrogens is 208 g/mol. The van der Waals surface area contributed by atoms with Crippen molar-refractivity contribution in [3.63, 3.8) is 0 Å². The smallest absolute Gasteiger partial charge is 0.236 e. The van der Waals surface area contributed by atoms with Crippen molar-refractivity contribution in [1.82, 2.24) is 9.80 Å². The molecule has 0 radical (unpaired) electrons. The highest BCUT2D eigenvalue weighted by Gasteiger charge is 2.17. The molecule has 1 heterocycles. The van der Waals surface area contributed by atoms with Crippen LogP contribution in [0.25, 0.3) is 0 Å². The predicted molar refractivity (Wildman–Crippen MR) is 61.2 cm³/mol. The van der Waals surface area contributed by atoms with E-state index in [2.05, 4.69) is 0 Å². The van der Waals surface area contributed by atoms with Crippen molar-refractivity contribution in [1.29, 1.82) is 0 Å². The van der Waals surface area contributed by atoms with Crippen LogP contribution < -0.4 is 0 Å². The zero-order valence-electron chi connectivity index (χ0n) is 10.2. The molecule has 0 bridgehead atoms. The van der Waals surface area contributed by atoms with E-state index in [4.69, 9.17) is 9.84 Å². The molecule has 0 spiro atoms. The summed E-state index contributed by atoms with van der Waals surface area (Å²) in [4.78, 5) is 15.6. The van der Waals surface area contributed by atoms with Crippen molar-refractivity contribution < 1.29 is 14.6 Å².